The van der Waals surface area contributed by atoms with Gasteiger partial charge in [-0.2, -0.15) is 5.10 Å². The quantitative estimate of drug-likeness (QED) is 0.903. The third-order valence-corrected chi connectivity index (χ3v) is 3.88. The molecule has 1 aliphatic rings. The van der Waals surface area contributed by atoms with Crippen LogP contribution in [0, 0.1) is 0 Å². The lowest BCUT2D eigenvalue weighted by Gasteiger charge is -2.22. The molecule has 3 heterocycles. The lowest BCUT2D eigenvalue weighted by atomic mass is 10.1. The third-order valence-electron chi connectivity index (χ3n) is 3.88. The largest absolute Gasteiger partial charge is 0.359 e. The Kier molecular flexibility index (Phi) is 4.31. The summed E-state index contributed by atoms with van der Waals surface area (Å²) in [6, 6.07) is 1.30. The number of rotatable bonds is 4. The fourth-order valence-corrected chi connectivity index (χ4v) is 2.62. The van der Waals surface area contributed by atoms with Gasteiger partial charge in [-0.25, -0.2) is 14.5 Å². The monoisotopic (exact) mass is 318 g/mol. The summed E-state index contributed by atoms with van der Waals surface area (Å²) < 4.78 is 7.06. The van der Waals surface area contributed by atoms with Crippen molar-refractivity contribution in [2.24, 2.45) is 0 Å². The molecule has 0 fully saturated rings. The maximum atomic E-state index is 12.2. The molecule has 124 valence electrons. The van der Waals surface area contributed by atoms with Crippen LogP contribution in [0.5, 0.6) is 0 Å². The van der Waals surface area contributed by atoms with Crippen LogP contribution >= 0.6 is 0 Å². The smallest absolute Gasteiger partial charge is 0.321 e. The molecule has 0 aliphatic carbocycles. The van der Waals surface area contributed by atoms with Crippen LogP contribution in [-0.2, 0) is 13.0 Å². The van der Waals surface area contributed by atoms with E-state index < -0.39 is 0 Å². The molecule has 0 saturated heterocycles. The number of anilines is 1. The van der Waals surface area contributed by atoms with E-state index in [2.05, 4.69) is 25.9 Å². The van der Waals surface area contributed by atoms with Crippen molar-refractivity contribution in [3.05, 3.63) is 23.5 Å². The molecule has 0 saturated carbocycles. The van der Waals surface area contributed by atoms with Gasteiger partial charge >= 0.3 is 6.03 Å². The van der Waals surface area contributed by atoms with Crippen molar-refractivity contribution in [1.29, 1.82) is 0 Å². The highest BCUT2D eigenvalue weighted by Crippen LogP contribution is 2.23. The minimum absolute atomic E-state index is 0.131. The lowest BCUT2D eigenvalue weighted by molar-refractivity contribution is 0.244. The average molecular weight is 318 g/mol. The van der Waals surface area contributed by atoms with Crippen molar-refractivity contribution in [3.8, 4) is 0 Å². The summed E-state index contributed by atoms with van der Waals surface area (Å²) in [6.07, 6.45) is 2.60. The van der Waals surface area contributed by atoms with E-state index in [9.17, 15) is 4.79 Å². The number of nitrogens with one attached hydrogen (secondary N) is 2. The molecule has 0 spiro atoms. The number of aryl methyl sites for hydroxylation is 2. The van der Waals surface area contributed by atoms with Gasteiger partial charge in [0.1, 0.15) is 11.6 Å². The first-order valence-corrected chi connectivity index (χ1v) is 8.04. The van der Waals surface area contributed by atoms with E-state index in [0.717, 1.165) is 43.2 Å². The van der Waals surface area contributed by atoms with Gasteiger partial charge in [0.25, 0.3) is 0 Å². The predicted molar refractivity (Wildman–Crippen MR) is 84.1 cm³/mol. The second kappa shape index (κ2) is 6.39. The molecule has 1 aliphatic heterocycles. The van der Waals surface area contributed by atoms with Gasteiger partial charge in [0.05, 0.1) is 6.04 Å². The molecule has 2 aromatic rings. The van der Waals surface area contributed by atoms with Gasteiger partial charge in [0.2, 0.25) is 0 Å². The first-order valence-electron chi connectivity index (χ1n) is 8.04. The van der Waals surface area contributed by atoms with Crippen LogP contribution in [0.15, 0.2) is 10.6 Å². The summed E-state index contributed by atoms with van der Waals surface area (Å²) >= 11 is 0. The molecule has 2 amide bonds. The molecular formula is C15H22N6O2. The van der Waals surface area contributed by atoms with E-state index in [1.165, 1.54) is 0 Å². The normalized spacial score (nSPS) is 17.1. The summed E-state index contributed by atoms with van der Waals surface area (Å²) in [5.74, 6) is 3.02. The maximum Gasteiger partial charge on any atom is 0.321 e. The average Bonchev–Trinajstić information content (AvgIpc) is 3.13. The fourth-order valence-electron chi connectivity index (χ4n) is 2.62. The number of hydrogen-bond donors (Lipinski definition) is 2. The first kappa shape index (κ1) is 15.5. The number of nitrogens with zero attached hydrogens (tertiary/aromatic N) is 4. The van der Waals surface area contributed by atoms with E-state index in [1.807, 2.05) is 25.5 Å². The first-order chi connectivity index (χ1) is 11.1. The zero-order valence-corrected chi connectivity index (χ0v) is 13.7. The van der Waals surface area contributed by atoms with Crippen LogP contribution in [0.25, 0.3) is 0 Å². The molecule has 1 atom stereocenters. The van der Waals surface area contributed by atoms with Crippen LogP contribution in [0.1, 0.15) is 63.0 Å². The molecule has 3 rings (SSSR count). The Hall–Kier alpha value is -2.38. The number of urea groups is 1. The zero-order valence-electron chi connectivity index (χ0n) is 13.7. The second-order valence-electron chi connectivity index (χ2n) is 6.03. The number of carbonyl (C=O) groups excluding carboxylic acids is 1. The Morgan fingerprint density at radius 1 is 1.52 bits per heavy atom. The summed E-state index contributed by atoms with van der Waals surface area (Å²) in [5.41, 5.74) is 0. The minimum Gasteiger partial charge on any atom is -0.359 e. The van der Waals surface area contributed by atoms with Crippen molar-refractivity contribution in [2.45, 2.75) is 58.5 Å². The van der Waals surface area contributed by atoms with Crippen LogP contribution in [-0.4, -0.2) is 26.0 Å². The van der Waals surface area contributed by atoms with Gasteiger partial charge in [-0.3, -0.25) is 5.32 Å². The number of carbonyl (C=O) groups is 1. The summed E-state index contributed by atoms with van der Waals surface area (Å²) in [7, 11) is 0. The van der Waals surface area contributed by atoms with Crippen LogP contribution < -0.4 is 10.6 Å². The van der Waals surface area contributed by atoms with Gasteiger partial charge in [-0.15, -0.1) is 0 Å². The Morgan fingerprint density at radius 2 is 2.35 bits per heavy atom. The highest BCUT2D eigenvalue weighted by Gasteiger charge is 2.25. The molecule has 2 aromatic heterocycles. The van der Waals surface area contributed by atoms with E-state index in [0.29, 0.717) is 5.82 Å². The third kappa shape index (κ3) is 3.35. The van der Waals surface area contributed by atoms with Gasteiger partial charge in [-0.1, -0.05) is 25.9 Å². The van der Waals surface area contributed by atoms with E-state index in [-0.39, 0.29) is 18.0 Å². The van der Waals surface area contributed by atoms with Crippen molar-refractivity contribution >= 4 is 11.8 Å². The van der Waals surface area contributed by atoms with Crippen molar-refractivity contribution in [3.63, 3.8) is 0 Å². The number of hydrogen-bond acceptors (Lipinski definition) is 5. The van der Waals surface area contributed by atoms with Crippen LogP contribution in [0.3, 0.4) is 0 Å². The van der Waals surface area contributed by atoms with Crippen LogP contribution in [0.2, 0.25) is 0 Å². The summed E-state index contributed by atoms with van der Waals surface area (Å²) in [4.78, 5) is 16.7. The van der Waals surface area contributed by atoms with Gasteiger partial charge in [-0.05, 0) is 12.8 Å². The van der Waals surface area contributed by atoms with Gasteiger partial charge in [0.15, 0.2) is 11.6 Å². The maximum absolute atomic E-state index is 12.2. The Bertz CT molecular complexity index is 690. The summed E-state index contributed by atoms with van der Waals surface area (Å²) in [5, 5.41) is 13.9. The molecule has 23 heavy (non-hydrogen) atoms. The lowest BCUT2D eigenvalue weighted by Crippen LogP contribution is -2.36. The fraction of sp³-hybridized carbons (Fsp3) is 0.600. The van der Waals surface area contributed by atoms with E-state index in [4.69, 9.17) is 4.52 Å². The topological polar surface area (TPSA) is 97.9 Å². The van der Waals surface area contributed by atoms with Crippen LogP contribution in [0.4, 0.5) is 10.6 Å². The molecule has 2 N–H and O–H groups in total. The van der Waals surface area contributed by atoms with Crippen molar-refractivity contribution < 1.29 is 9.32 Å². The number of amides is 2. The number of aromatic nitrogens is 4. The Morgan fingerprint density at radius 3 is 3.04 bits per heavy atom. The van der Waals surface area contributed by atoms with Crippen molar-refractivity contribution in [2.75, 3.05) is 5.32 Å². The molecule has 0 aromatic carbocycles. The highest BCUT2D eigenvalue weighted by atomic mass is 16.5. The zero-order chi connectivity index (χ0) is 16.4. The molecule has 0 radical (unpaired) electrons. The molecular weight excluding hydrogens is 296 g/mol. The van der Waals surface area contributed by atoms with Crippen molar-refractivity contribution in [1.82, 2.24) is 25.2 Å². The van der Waals surface area contributed by atoms with Gasteiger partial charge in [0, 0.05) is 24.9 Å². The Labute approximate surface area is 134 Å². The molecule has 8 nitrogen and oxygen atoms in total. The Balaban J connectivity index is 1.65. The van der Waals surface area contributed by atoms with E-state index in [1.54, 1.807) is 6.07 Å². The highest BCUT2D eigenvalue weighted by molar-refractivity contribution is 5.88. The predicted octanol–water partition coefficient (Wildman–Crippen LogP) is 2.61. The molecule has 0 bridgehead atoms. The van der Waals surface area contributed by atoms with Gasteiger partial charge < -0.3 is 9.84 Å². The number of fused-ring (bicyclic) bond motifs is 1. The molecule has 8 heteroatoms. The second-order valence-corrected chi connectivity index (χ2v) is 6.03. The SMILES string of the molecule is CCc1nc2n(n1)CCC[C@H]2NC(=O)Nc1cc(C(C)C)on1. The minimum atomic E-state index is -0.312. The summed E-state index contributed by atoms with van der Waals surface area (Å²) in [6.45, 7) is 6.88. The van der Waals surface area contributed by atoms with E-state index >= 15 is 0 Å². The molecule has 0 unspecified atom stereocenters. The standard InChI is InChI=1S/C15H22N6O2/c1-4-12-17-14-10(6-5-7-21(14)19-12)16-15(22)18-13-8-11(9(2)3)23-20-13/h8-10H,4-7H2,1-3H3,(H2,16,18,20,22)/t10-/m1/s1.